The molecule has 25 heavy (non-hydrogen) atoms. The number of piperazine rings is 1. The molecule has 8 nitrogen and oxygen atoms in total. The molecule has 3 rings (SSSR count). The van der Waals surface area contributed by atoms with E-state index in [9.17, 15) is 13.2 Å². The number of amides is 1. The topological polar surface area (TPSA) is 112 Å². The molecule has 2 heterocycles. The Bertz CT molecular complexity index is 800. The fraction of sp³-hybridized carbons (Fsp3) is 0.375. The highest BCUT2D eigenvalue weighted by Gasteiger charge is 2.31. The van der Waals surface area contributed by atoms with Gasteiger partial charge in [0.15, 0.2) is 0 Å². The minimum Gasteiger partial charge on any atom is -0.348 e. The molecule has 9 heteroatoms. The number of nitrogens with one attached hydrogen (secondary N) is 1. The highest BCUT2D eigenvalue weighted by molar-refractivity contribution is 7.89. The summed E-state index contributed by atoms with van der Waals surface area (Å²) in [6.07, 6.45) is 3.55. The lowest BCUT2D eigenvalue weighted by molar-refractivity contribution is -0.133. The van der Waals surface area contributed by atoms with E-state index in [4.69, 9.17) is 5.73 Å². The molecule has 3 N–H and O–H groups in total. The van der Waals surface area contributed by atoms with Gasteiger partial charge in [-0.1, -0.05) is 18.2 Å². The summed E-state index contributed by atoms with van der Waals surface area (Å²) in [4.78, 5) is 21.2. The predicted octanol–water partition coefficient (Wildman–Crippen LogP) is -0.187. The van der Waals surface area contributed by atoms with Crippen LogP contribution in [0.4, 0.5) is 0 Å². The molecular weight excluding hydrogens is 342 g/mol. The lowest BCUT2D eigenvalue weighted by Crippen LogP contribution is -2.54. The molecule has 1 aliphatic rings. The number of carbonyl (C=O) groups is 1. The fourth-order valence-electron chi connectivity index (χ4n) is 2.85. The van der Waals surface area contributed by atoms with Crippen LogP contribution in [-0.2, 0) is 21.2 Å². The Labute approximate surface area is 146 Å². The molecular formula is C16H21N5O3S. The maximum atomic E-state index is 12.6. The minimum atomic E-state index is -3.52. The number of benzene rings is 1. The molecule has 134 valence electrons. The van der Waals surface area contributed by atoms with Gasteiger partial charge in [-0.2, -0.15) is 4.31 Å². The van der Waals surface area contributed by atoms with Gasteiger partial charge in [-0.3, -0.25) is 4.79 Å². The molecule has 1 aliphatic heterocycles. The van der Waals surface area contributed by atoms with Crippen LogP contribution < -0.4 is 5.73 Å². The van der Waals surface area contributed by atoms with Crippen LogP contribution in [0.25, 0.3) is 0 Å². The van der Waals surface area contributed by atoms with Crippen molar-refractivity contribution in [3.63, 3.8) is 0 Å². The Balaban J connectivity index is 1.59. The van der Waals surface area contributed by atoms with Gasteiger partial charge in [0.25, 0.3) is 0 Å². The van der Waals surface area contributed by atoms with E-state index >= 15 is 0 Å². The highest BCUT2D eigenvalue weighted by atomic mass is 32.2. The van der Waals surface area contributed by atoms with Gasteiger partial charge >= 0.3 is 0 Å². The number of rotatable bonds is 5. The van der Waals surface area contributed by atoms with E-state index < -0.39 is 16.1 Å². The third-order valence-electron chi connectivity index (χ3n) is 4.24. The second-order valence-electron chi connectivity index (χ2n) is 5.93. The zero-order valence-electron chi connectivity index (χ0n) is 13.7. The van der Waals surface area contributed by atoms with Crippen LogP contribution in [0.2, 0.25) is 0 Å². The molecule has 1 atom stereocenters. The molecule has 1 aromatic carbocycles. The zero-order chi connectivity index (χ0) is 17.9. The van der Waals surface area contributed by atoms with E-state index in [1.54, 1.807) is 47.8 Å². The van der Waals surface area contributed by atoms with Crippen molar-refractivity contribution >= 4 is 15.9 Å². The van der Waals surface area contributed by atoms with Crippen molar-refractivity contribution in [1.29, 1.82) is 0 Å². The van der Waals surface area contributed by atoms with Crippen LogP contribution in [0.15, 0.2) is 47.8 Å². The van der Waals surface area contributed by atoms with Gasteiger partial charge in [0, 0.05) is 44.5 Å². The van der Waals surface area contributed by atoms with Gasteiger partial charge in [-0.05, 0) is 12.1 Å². The van der Waals surface area contributed by atoms with Gasteiger partial charge in [-0.25, -0.2) is 13.4 Å². The van der Waals surface area contributed by atoms with E-state index in [1.807, 2.05) is 0 Å². The summed E-state index contributed by atoms with van der Waals surface area (Å²) in [5.41, 5.74) is 6.78. The quantitative estimate of drug-likeness (QED) is 0.765. The number of hydrogen-bond donors (Lipinski definition) is 2. The van der Waals surface area contributed by atoms with E-state index in [2.05, 4.69) is 9.97 Å². The summed E-state index contributed by atoms with van der Waals surface area (Å²) in [5.74, 6) is -0.175. The molecule has 1 aromatic heterocycles. The van der Waals surface area contributed by atoms with Crippen LogP contribution in [0.3, 0.4) is 0 Å². The van der Waals surface area contributed by atoms with E-state index in [0.29, 0.717) is 19.5 Å². The van der Waals surface area contributed by atoms with Crippen LogP contribution in [0.1, 0.15) is 5.69 Å². The summed E-state index contributed by atoms with van der Waals surface area (Å²) in [5, 5.41) is 0. The van der Waals surface area contributed by atoms with Crippen molar-refractivity contribution in [3.8, 4) is 0 Å². The van der Waals surface area contributed by atoms with Gasteiger partial charge < -0.3 is 15.6 Å². The van der Waals surface area contributed by atoms with Crippen LogP contribution in [0.5, 0.6) is 0 Å². The Morgan fingerprint density at radius 1 is 1.20 bits per heavy atom. The van der Waals surface area contributed by atoms with E-state index in [1.165, 1.54) is 4.31 Å². The molecule has 0 spiro atoms. The lowest BCUT2D eigenvalue weighted by Gasteiger charge is -2.35. The maximum Gasteiger partial charge on any atom is 0.243 e. The first-order valence-corrected chi connectivity index (χ1v) is 9.49. The lowest BCUT2D eigenvalue weighted by atomic mass is 10.1. The van der Waals surface area contributed by atoms with Gasteiger partial charge in [0.05, 0.1) is 17.3 Å². The normalized spacial score (nSPS) is 17.4. The third-order valence-corrected chi connectivity index (χ3v) is 6.16. The summed E-state index contributed by atoms with van der Waals surface area (Å²) in [7, 11) is -3.52. The molecule has 1 amide bonds. The SMILES string of the molecule is N[C@@H](Cc1cnc[nH]1)C(=O)N1CCN(S(=O)(=O)c2ccccc2)CC1. The Morgan fingerprint density at radius 2 is 1.88 bits per heavy atom. The summed E-state index contributed by atoms with van der Waals surface area (Å²) in [6, 6.07) is 7.65. The Morgan fingerprint density at radius 3 is 2.48 bits per heavy atom. The summed E-state index contributed by atoms with van der Waals surface area (Å²) < 4.78 is 26.6. The monoisotopic (exact) mass is 363 g/mol. The number of hydrogen-bond acceptors (Lipinski definition) is 5. The first-order valence-electron chi connectivity index (χ1n) is 8.05. The zero-order valence-corrected chi connectivity index (χ0v) is 14.5. The van der Waals surface area contributed by atoms with E-state index in [0.717, 1.165) is 5.69 Å². The minimum absolute atomic E-state index is 0.175. The van der Waals surface area contributed by atoms with Crippen molar-refractivity contribution in [2.75, 3.05) is 26.2 Å². The van der Waals surface area contributed by atoms with Crippen LogP contribution in [-0.4, -0.2) is 65.7 Å². The number of aromatic amines is 1. The van der Waals surface area contributed by atoms with Gasteiger partial charge in [0.2, 0.25) is 15.9 Å². The molecule has 0 saturated carbocycles. The maximum absolute atomic E-state index is 12.6. The van der Waals surface area contributed by atoms with Crippen molar-refractivity contribution < 1.29 is 13.2 Å². The number of aromatic nitrogens is 2. The number of nitrogens with two attached hydrogens (primary N) is 1. The number of carbonyl (C=O) groups excluding carboxylic acids is 1. The average molecular weight is 363 g/mol. The summed E-state index contributed by atoms with van der Waals surface area (Å²) in [6.45, 7) is 1.20. The van der Waals surface area contributed by atoms with Crippen molar-refractivity contribution in [3.05, 3.63) is 48.5 Å². The third kappa shape index (κ3) is 3.89. The molecule has 0 aliphatic carbocycles. The standard InChI is InChI=1S/C16H21N5O3S/c17-15(10-13-11-18-12-19-13)16(22)20-6-8-21(9-7-20)25(23,24)14-4-2-1-3-5-14/h1-5,11-12,15H,6-10,17H2,(H,18,19)/t15-/m0/s1. The number of imidazole rings is 1. The predicted molar refractivity (Wildman–Crippen MR) is 92.0 cm³/mol. The molecule has 1 saturated heterocycles. The number of sulfonamides is 1. The molecule has 0 unspecified atom stereocenters. The Hall–Kier alpha value is -2.23. The van der Waals surface area contributed by atoms with E-state index in [-0.39, 0.29) is 23.9 Å². The summed E-state index contributed by atoms with van der Waals surface area (Å²) >= 11 is 0. The molecule has 0 bridgehead atoms. The first kappa shape index (κ1) is 17.6. The van der Waals surface area contributed by atoms with Crippen molar-refractivity contribution in [2.45, 2.75) is 17.4 Å². The molecule has 0 radical (unpaired) electrons. The largest absolute Gasteiger partial charge is 0.348 e. The first-order chi connectivity index (χ1) is 12.0. The van der Waals surface area contributed by atoms with Crippen LogP contribution >= 0.6 is 0 Å². The highest BCUT2D eigenvalue weighted by Crippen LogP contribution is 2.17. The number of nitrogens with zero attached hydrogens (tertiary/aromatic N) is 3. The molecule has 2 aromatic rings. The Kier molecular flexibility index (Phi) is 5.16. The number of H-pyrrole nitrogens is 1. The van der Waals surface area contributed by atoms with Crippen LogP contribution in [0, 0.1) is 0 Å². The second kappa shape index (κ2) is 7.34. The average Bonchev–Trinajstić information content (AvgIpc) is 3.15. The fourth-order valence-corrected chi connectivity index (χ4v) is 4.29. The second-order valence-corrected chi connectivity index (χ2v) is 7.87. The smallest absolute Gasteiger partial charge is 0.243 e. The van der Waals surface area contributed by atoms with Crippen molar-refractivity contribution in [1.82, 2.24) is 19.2 Å². The molecule has 1 fully saturated rings. The van der Waals surface area contributed by atoms with Gasteiger partial charge in [-0.15, -0.1) is 0 Å². The van der Waals surface area contributed by atoms with Crippen molar-refractivity contribution in [2.24, 2.45) is 5.73 Å². The van der Waals surface area contributed by atoms with Gasteiger partial charge in [0.1, 0.15) is 0 Å².